The van der Waals surface area contributed by atoms with Gasteiger partial charge in [0, 0.05) is 18.2 Å². The Morgan fingerprint density at radius 2 is 1.92 bits per heavy atom. The van der Waals surface area contributed by atoms with Gasteiger partial charge in [-0.2, -0.15) is 0 Å². The Labute approximate surface area is 138 Å². The zero-order chi connectivity index (χ0) is 17.2. The van der Waals surface area contributed by atoms with Gasteiger partial charge in [0.05, 0.1) is 12.8 Å². The molecule has 6 heteroatoms. The molecule has 2 N–H and O–H groups in total. The van der Waals surface area contributed by atoms with E-state index in [1.807, 2.05) is 6.07 Å². The number of hydrogen-bond donors (Lipinski definition) is 2. The lowest BCUT2D eigenvalue weighted by atomic mass is 9.69. The van der Waals surface area contributed by atoms with E-state index in [9.17, 15) is 19.8 Å². The van der Waals surface area contributed by atoms with Gasteiger partial charge in [0.1, 0.15) is 11.3 Å². The van der Waals surface area contributed by atoms with Crippen molar-refractivity contribution in [3.63, 3.8) is 0 Å². The third kappa shape index (κ3) is 3.19. The number of aromatic carboxylic acids is 1. The van der Waals surface area contributed by atoms with Crippen molar-refractivity contribution < 1.29 is 19.7 Å². The molecule has 2 aromatic rings. The normalized spacial score (nSPS) is 15.5. The summed E-state index contributed by atoms with van der Waals surface area (Å²) in [6, 6.07) is 8.74. The molecule has 6 nitrogen and oxygen atoms in total. The monoisotopic (exact) mass is 329 g/mol. The summed E-state index contributed by atoms with van der Waals surface area (Å²) in [4.78, 5) is 23.7. The van der Waals surface area contributed by atoms with Gasteiger partial charge in [-0.25, -0.2) is 4.79 Å². The highest BCUT2D eigenvalue weighted by molar-refractivity contribution is 5.87. The van der Waals surface area contributed by atoms with Gasteiger partial charge >= 0.3 is 5.97 Å². The second kappa shape index (κ2) is 6.49. The van der Waals surface area contributed by atoms with Crippen LogP contribution in [0.2, 0.25) is 0 Å². The molecule has 126 valence electrons. The summed E-state index contributed by atoms with van der Waals surface area (Å²) < 4.78 is 7.22. The number of rotatable bonds is 6. The molecular formula is C18H19NO5. The molecule has 1 heterocycles. The minimum absolute atomic E-state index is 0.0338. The van der Waals surface area contributed by atoms with Crippen molar-refractivity contribution in [1.82, 2.24) is 4.57 Å². The Morgan fingerprint density at radius 1 is 1.21 bits per heavy atom. The van der Waals surface area contributed by atoms with Crippen LogP contribution in [0.1, 0.15) is 29.6 Å². The van der Waals surface area contributed by atoms with E-state index < -0.39 is 11.4 Å². The second-order valence-corrected chi connectivity index (χ2v) is 6.27. The number of benzene rings is 1. The average molecular weight is 329 g/mol. The van der Waals surface area contributed by atoms with E-state index in [-0.39, 0.29) is 23.3 Å². The average Bonchev–Trinajstić information content (AvgIpc) is 2.54. The number of nitrogens with zero attached hydrogens (tertiary/aromatic N) is 1. The fourth-order valence-electron chi connectivity index (χ4n) is 2.97. The maximum Gasteiger partial charge on any atom is 0.341 e. The number of ether oxygens (including phenoxy) is 1. The highest BCUT2D eigenvalue weighted by Crippen LogP contribution is 2.41. The van der Waals surface area contributed by atoms with E-state index >= 15 is 0 Å². The molecule has 1 aliphatic rings. The molecule has 0 spiro atoms. The highest BCUT2D eigenvalue weighted by atomic mass is 16.5. The number of hydrogen-bond acceptors (Lipinski definition) is 4. The fourth-order valence-corrected chi connectivity index (χ4v) is 2.97. The number of aliphatic hydroxyl groups excluding tert-OH is 1. The number of para-hydroxylation sites is 1. The predicted molar refractivity (Wildman–Crippen MR) is 87.5 cm³/mol. The SMILES string of the molecule is O=C(O)c1cn(CC2(CO)CCC2)cc(Oc2ccccc2)c1=O. The fraction of sp³-hybridized carbons (Fsp3) is 0.333. The minimum Gasteiger partial charge on any atom is -0.477 e. The first-order valence-corrected chi connectivity index (χ1v) is 7.84. The van der Waals surface area contributed by atoms with Gasteiger partial charge in [-0.05, 0) is 25.0 Å². The molecule has 0 amide bonds. The molecule has 3 rings (SSSR count). The lowest BCUT2D eigenvalue weighted by molar-refractivity contribution is 0.0272. The van der Waals surface area contributed by atoms with Crippen LogP contribution in [-0.2, 0) is 6.54 Å². The van der Waals surface area contributed by atoms with E-state index in [1.165, 1.54) is 12.4 Å². The van der Waals surface area contributed by atoms with Crippen LogP contribution >= 0.6 is 0 Å². The zero-order valence-corrected chi connectivity index (χ0v) is 13.1. The van der Waals surface area contributed by atoms with Gasteiger partial charge in [-0.3, -0.25) is 4.79 Å². The topological polar surface area (TPSA) is 88.8 Å². The molecule has 0 bridgehead atoms. The largest absolute Gasteiger partial charge is 0.477 e. The third-order valence-electron chi connectivity index (χ3n) is 4.52. The van der Waals surface area contributed by atoms with Gasteiger partial charge in [-0.1, -0.05) is 24.6 Å². The van der Waals surface area contributed by atoms with Crippen molar-refractivity contribution in [1.29, 1.82) is 0 Å². The molecule has 0 aliphatic heterocycles. The lowest BCUT2D eigenvalue weighted by Gasteiger charge is -2.40. The molecule has 1 fully saturated rings. The first kappa shape index (κ1) is 16.3. The van der Waals surface area contributed by atoms with Gasteiger partial charge in [0.25, 0.3) is 0 Å². The van der Waals surface area contributed by atoms with E-state index in [0.29, 0.717) is 12.3 Å². The Kier molecular flexibility index (Phi) is 4.40. The quantitative estimate of drug-likeness (QED) is 0.850. The summed E-state index contributed by atoms with van der Waals surface area (Å²) in [6.45, 7) is 0.492. The Balaban J connectivity index is 1.98. The molecule has 0 saturated heterocycles. The van der Waals surface area contributed by atoms with Crippen LogP contribution in [0.3, 0.4) is 0 Å². The number of aromatic nitrogens is 1. The van der Waals surface area contributed by atoms with Crippen LogP contribution < -0.4 is 10.2 Å². The molecule has 24 heavy (non-hydrogen) atoms. The first-order valence-electron chi connectivity index (χ1n) is 7.84. The van der Waals surface area contributed by atoms with Crippen LogP contribution in [0.15, 0.2) is 47.5 Å². The Bertz CT molecular complexity index is 787. The van der Waals surface area contributed by atoms with Crippen molar-refractivity contribution in [2.24, 2.45) is 5.41 Å². The summed E-state index contributed by atoms with van der Waals surface area (Å²) in [7, 11) is 0. The van der Waals surface area contributed by atoms with Crippen molar-refractivity contribution in [3.05, 3.63) is 58.5 Å². The van der Waals surface area contributed by atoms with E-state index in [1.54, 1.807) is 28.8 Å². The standard InChI is InChI=1S/C18H19NO5/c20-12-18(7-4-8-18)11-19-9-14(17(22)23)16(21)15(10-19)24-13-5-2-1-3-6-13/h1-3,5-6,9-10,20H,4,7-8,11-12H2,(H,22,23). The summed E-state index contributed by atoms with van der Waals surface area (Å²) >= 11 is 0. The molecular weight excluding hydrogens is 310 g/mol. The van der Waals surface area contributed by atoms with E-state index in [2.05, 4.69) is 0 Å². The molecule has 1 aromatic carbocycles. The molecule has 1 saturated carbocycles. The molecule has 0 atom stereocenters. The minimum atomic E-state index is -1.29. The Morgan fingerprint density at radius 3 is 2.46 bits per heavy atom. The van der Waals surface area contributed by atoms with Crippen molar-refractivity contribution in [2.45, 2.75) is 25.8 Å². The molecule has 1 aliphatic carbocycles. The van der Waals surface area contributed by atoms with Crippen LogP contribution in [0, 0.1) is 5.41 Å². The highest BCUT2D eigenvalue weighted by Gasteiger charge is 2.36. The van der Waals surface area contributed by atoms with Gasteiger partial charge in [-0.15, -0.1) is 0 Å². The van der Waals surface area contributed by atoms with Crippen molar-refractivity contribution >= 4 is 5.97 Å². The van der Waals surface area contributed by atoms with Crippen LogP contribution in [0.5, 0.6) is 11.5 Å². The summed E-state index contributed by atoms with van der Waals surface area (Å²) in [5, 5.41) is 18.9. The summed E-state index contributed by atoms with van der Waals surface area (Å²) in [5.74, 6) is -0.864. The number of carboxylic acid groups (broad SMARTS) is 1. The van der Waals surface area contributed by atoms with Crippen molar-refractivity contribution in [3.8, 4) is 11.5 Å². The van der Waals surface area contributed by atoms with Crippen molar-refractivity contribution in [2.75, 3.05) is 6.61 Å². The van der Waals surface area contributed by atoms with Crippen LogP contribution in [0.25, 0.3) is 0 Å². The number of pyridine rings is 1. The predicted octanol–water partition coefficient (Wildman–Crippen LogP) is 2.50. The lowest BCUT2D eigenvalue weighted by Crippen LogP contribution is -2.38. The van der Waals surface area contributed by atoms with Gasteiger partial charge in [0.2, 0.25) is 5.43 Å². The van der Waals surface area contributed by atoms with Gasteiger partial charge in [0.15, 0.2) is 5.75 Å². The maximum absolute atomic E-state index is 12.3. The van der Waals surface area contributed by atoms with E-state index in [0.717, 1.165) is 19.3 Å². The first-order chi connectivity index (χ1) is 11.5. The summed E-state index contributed by atoms with van der Waals surface area (Å²) in [5.41, 5.74) is -1.24. The number of carbonyl (C=O) groups is 1. The zero-order valence-electron chi connectivity index (χ0n) is 13.1. The number of carboxylic acids is 1. The smallest absolute Gasteiger partial charge is 0.341 e. The maximum atomic E-state index is 12.3. The van der Waals surface area contributed by atoms with Gasteiger partial charge < -0.3 is 19.5 Å². The third-order valence-corrected chi connectivity index (χ3v) is 4.52. The number of aliphatic hydroxyl groups is 1. The second-order valence-electron chi connectivity index (χ2n) is 6.27. The molecule has 0 unspecified atom stereocenters. The molecule has 0 radical (unpaired) electrons. The van der Waals surface area contributed by atoms with Crippen LogP contribution in [-0.4, -0.2) is 27.4 Å². The Hall–Kier alpha value is -2.60. The molecule has 1 aromatic heterocycles. The van der Waals surface area contributed by atoms with E-state index in [4.69, 9.17) is 4.74 Å². The van der Waals surface area contributed by atoms with Crippen LogP contribution in [0.4, 0.5) is 0 Å². The summed E-state index contributed by atoms with van der Waals surface area (Å²) in [6.07, 6.45) is 5.63.